The molecule has 0 aliphatic heterocycles. The number of hydrogen-bond acceptors (Lipinski definition) is 6. The molecule has 0 bridgehead atoms. The molecular formula is C19H15N3O4S2. The van der Waals surface area contributed by atoms with Crippen molar-refractivity contribution in [1.29, 1.82) is 0 Å². The Bertz CT molecular complexity index is 1220. The molecule has 2 N–H and O–H groups in total. The highest BCUT2D eigenvalue weighted by molar-refractivity contribution is 7.89. The van der Waals surface area contributed by atoms with Crippen LogP contribution in [0.3, 0.4) is 0 Å². The van der Waals surface area contributed by atoms with Crippen molar-refractivity contribution in [2.45, 2.75) is 4.90 Å². The van der Waals surface area contributed by atoms with E-state index in [-0.39, 0.29) is 10.8 Å². The summed E-state index contributed by atoms with van der Waals surface area (Å²) in [6.07, 6.45) is 0. The van der Waals surface area contributed by atoms with E-state index in [0.29, 0.717) is 22.1 Å². The average Bonchev–Trinajstić information content (AvgIpc) is 3.34. The molecule has 2 aromatic heterocycles. The largest absolute Gasteiger partial charge is 0.454 e. The summed E-state index contributed by atoms with van der Waals surface area (Å²) in [5, 5.41) is 5.92. The molecule has 2 aromatic carbocycles. The highest BCUT2D eigenvalue weighted by Crippen LogP contribution is 2.30. The summed E-state index contributed by atoms with van der Waals surface area (Å²) in [7, 11) is -2.21. The van der Waals surface area contributed by atoms with Gasteiger partial charge in [-0.2, -0.15) is 0 Å². The van der Waals surface area contributed by atoms with E-state index in [1.165, 1.54) is 42.6 Å². The number of furan rings is 1. The highest BCUT2D eigenvalue weighted by Gasteiger charge is 2.15. The van der Waals surface area contributed by atoms with Crippen molar-refractivity contribution in [3.8, 4) is 11.5 Å². The third kappa shape index (κ3) is 3.55. The molecule has 7 nitrogen and oxygen atoms in total. The smallest absolute Gasteiger partial charge is 0.257 e. The van der Waals surface area contributed by atoms with Gasteiger partial charge in [0.15, 0.2) is 10.9 Å². The Morgan fingerprint density at radius 1 is 1.11 bits per heavy atom. The Labute approximate surface area is 165 Å². The van der Waals surface area contributed by atoms with Gasteiger partial charge >= 0.3 is 0 Å². The number of hydrogen-bond donors (Lipinski definition) is 2. The molecule has 142 valence electrons. The average molecular weight is 413 g/mol. The summed E-state index contributed by atoms with van der Waals surface area (Å²) in [6.45, 7) is 0. The summed E-state index contributed by atoms with van der Waals surface area (Å²) >= 11 is 1.28. The summed E-state index contributed by atoms with van der Waals surface area (Å²) in [5.74, 6) is 0.249. The first kappa shape index (κ1) is 18.4. The molecule has 1 amide bonds. The molecule has 0 spiro atoms. The lowest BCUT2D eigenvalue weighted by atomic mass is 10.2. The van der Waals surface area contributed by atoms with Crippen molar-refractivity contribution < 1.29 is 17.6 Å². The predicted molar refractivity (Wildman–Crippen MR) is 108 cm³/mol. The van der Waals surface area contributed by atoms with Crippen LogP contribution in [0.15, 0.2) is 69.3 Å². The van der Waals surface area contributed by atoms with E-state index in [0.717, 1.165) is 11.0 Å². The number of rotatable bonds is 5. The molecule has 0 aliphatic carbocycles. The molecule has 0 atom stereocenters. The lowest BCUT2D eigenvalue weighted by molar-refractivity contribution is 0.102. The zero-order valence-electron chi connectivity index (χ0n) is 14.7. The molecular weight excluding hydrogens is 398 g/mol. The first-order valence-corrected chi connectivity index (χ1v) is 10.6. The molecule has 4 aromatic rings. The SMILES string of the molecule is CNS(=O)(=O)c1ccc(C(=O)Nc2nc(-c3cc4ccccc4o3)cs2)cc1. The van der Waals surface area contributed by atoms with Crippen LogP contribution in [0.25, 0.3) is 22.4 Å². The second-order valence-corrected chi connectivity index (χ2v) is 8.62. The number of thiazole rings is 1. The van der Waals surface area contributed by atoms with E-state index in [4.69, 9.17) is 4.42 Å². The normalized spacial score (nSPS) is 11.6. The van der Waals surface area contributed by atoms with E-state index >= 15 is 0 Å². The van der Waals surface area contributed by atoms with Crippen LogP contribution in [-0.2, 0) is 10.0 Å². The van der Waals surface area contributed by atoms with Crippen LogP contribution in [0.4, 0.5) is 5.13 Å². The molecule has 4 rings (SSSR count). The molecule has 0 unspecified atom stereocenters. The van der Waals surface area contributed by atoms with Gasteiger partial charge in [-0.05, 0) is 43.4 Å². The minimum Gasteiger partial charge on any atom is -0.454 e. The molecule has 0 saturated carbocycles. The maximum Gasteiger partial charge on any atom is 0.257 e. The van der Waals surface area contributed by atoms with Crippen LogP contribution in [0.5, 0.6) is 0 Å². The lowest BCUT2D eigenvalue weighted by Gasteiger charge is -2.04. The number of amides is 1. The molecule has 28 heavy (non-hydrogen) atoms. The van der Waals surface area contributed by atoms with Gasteiger partial charge in [0, 0.05) is 16.3 Å². The number of para-hydroxylation sites is 1. The first-order valence-electron chi connectivity index (χ1n) is 8.26. The van der Waals surface area contributed by atoms with Gasteiger partial charge in [-0.1, -0.05) is 18.2 Å². The third-order valence-electron chi connectivity index (χ3n) is 4.10. The van der Waals surface area contributed by atoms with Gasteiger partial charge in [0.25, 0.3) is 5.91 Å². The molecule has 0 radical (unpaired) electrons. The Balaban J connectivity index is 1.51. The molecule has 0 saturated heterocycles. The number of benzene rings is 2. The van der Waals surface area contributed by atoms with E-state index < -0.39 is 10.0 Å². The second-order valence-electron chi connectivity index (χ2n) is 5.87. The molecule has 0 aliphatic rings. The van der Waals surface area contributed by atoms with Crippen LogP contribution in [-0.4, -0.2) is 26.4 Å². The van der Waals surface area contributed by atoms with Crippen molar-refractivity contribution in [3.05, 3.63) is 65.5 Å². The maximum atomic E-state index is 12.4. The zero-order valence-corrected chi connectivity index (χ0v) is 16.3. The summed E-state index contributed by atoms with van der Waals surface area (Å²) in [4.78, 5) is 16.9. The van der Waals surface area contributed by atoms with Crippen LogP contribution >= 0.6 is 11.3 Å². The van der Waals surface area contributed by atoms with E-state index in [2.05, 4.69) is 15.0 Å². The Hall–Kier alpha value is -3.01. The number of sulfonamides is 1. The number of aromatic nitrogens is 1. The molecule has 9 heteroatoms. The minimum atomic E-state index is -3.54. The predicted octanol–water partition coefficient (Wildman–Crippen LogP) is 3.72. The minimum absolute atomic E-state index is 0.0907. The Morgan fingerprint density at radius 2 is 1.86 bits per heavy atom. The lowest BCUT2D eigenvalue weighted by Crippen LogP contribution is -2.19. The number of anilines is 1. The summed E-state index contributed by atoms with van der Waals surface area (Å²) in [5.41, 5.74) is 1.73. The van der Waals surface area contributed by atoms with Crippen molar-refractivity contribution in [2.24, 2.45) is 0 Å². The number of nitrogens with zero attached hydrogens (tertiary/aromatic N) is 1. The van der Waals surface area contributed by atoms with Crippen molar-refractivity contribution in [2.75, 3.05) is 12.4 Å². The van der Waals surface area contributed by atoms with Gasteiger partial charge in [0.2, 0.25) is 10.0 Å². The van der Waals surface area contributed by atoms with Crippen LogP contribution in [0.1, 0.15) is 10.4 Å². The summed E-state index contributed by atoms with van der Waals surface area (Å²) < 4.78 is 31.5. The van der Waals surface area contributed by atoms with E-state index in [1.807, 2.05) is 30.3 Å². The fourth-order valence-corrected chi connectivity index (χ4v) is 4.05. The van der Waals surface area contributed by atoms with Gasteiger partial charge in [-0.3, -0.25) is 10.1 Å². The third-order valence-corrected chi connectivity index (χ3v) is 6.29. The molecule has 0 fully saturated rings. The number of carbonyl (C=O) groups excluding carboxylic acids is 1. The van der Waals surface area contributed by atoms with Crippen molar-refractivity contribution >= 4 is 43.4 Å². The number of carbonyl (C=O) groups is 1. The standard InChI is InChI=1S/C19H15N3O4S2/c1-20-28(24,25)14-8-6-12(7-9-14)18(23)22-19-21-15(11-27-19)17-10-13-4-2-3-5-16(13)26-17/h2-11,20H,1H3,(H,21,22,23). The monoisotopic (exact) mass is 413 g/mol. The van der Waals surface area contributed by atoms with Crippen LogP contribution in [0.2, 0.25) is 0 Å². The Kier molecular flexibility index (Phi) is 4.71. The highest BCUT2D eigenvalue weighted by atomic mass is 32.2. The number of nitrogens with one attached hydrogen (secondary N) is 2. The summed E-state index contributed by atoms with van der Waals surface area (Å²) in [6, 6.07) is 15.2. The first-order chi connectivity index (χ1) is 13.5. The van der Waals surface area contributed by atoms with Crippen LogP contribution in [0, 0.1) is 0 Å². The van der Waals surface area contributed by atoms with Gasteiger partial charge in [0.05, 0.1) is 4.90 Å². The Morgan fingerprint density at radius 3 is 2.57 bits per heavy atom. The fourth-order valence-electron chi connectivity index (χ4n) is 2.63. The maximum absolute atomic E-state index is 12.4. The zero-order chi connectivity index (χ0) is 19.7. The van der Waals surface area contributed by atoms with Gasteiger partial charge in [-0.15, -0.1) is 11.3 Å². The quantitative estimate of drug-likeness (QED) is 0.519. The van der Waals surface area contributed by atoms with E-state index in [9.17, 15) is 13.2 Å². The van der Waals surface area contributed by atoms with Gasteiger partial charge in [-0.25, -0.2) is 18.1 Å². The van der Waals surface area contributed by atoms with E-state index in [1.54, 1.807) is 5.38 Å². The topological polar surface area (TPSA) is 101 Å². The second kappa shape index (κ2) is 7.19. The van der Waals surface area contributed by atoms with Crippen molar-refractivity contribution in [3.63, 3.8) is 0 Å². The number of fused-ring (bicyclic) bond motifs is 1. The fraction of sp³-hybridized carbons (Fsp3) is 0.0526. The van der Waals surface area contributed by atoms with Crippen molar-refractivity contribution in [1.82, 2.24) is 9.71 Å². The van der Waals surface area contributed by atoms with Crippen LogP contribution < -0.4 is 10.0 Å². The van der Waals surface area contributed by atoms with Gasteiger partial charge < -0.3 is 4.42 Å². The van der Waals surface area contributed by atoms with Gasteiger partial charge in [0.1, 0.15) is 11.3 Å². The molecule has 2 heterocycles.